The van der Waals surface area contributed by atoms with E-state index in [0.29, 0.717) is 17.0 Å². The lowest BCUT2D eigenvalue weighted by molar-refractivity contribution is -0.116. The van der Waals surface area contributed by atoms with Gasteiger partial charge in [-0.1, -0.05) is 54.6 Å². The third-order valence-corrected chi connectivity index (χ3v) is 5.87. The van der Waals surface area contributed by atoms with E-state index in [1.165, 1.54) is 11.8 Å². The van der Waals surface area contributed by atoms with Crippen molar-refractivity contribution < 1.29 is 14.3 Å². The molecule has 2 amide bonds. The molecule has 0 aliphatic rings. The Kier molecular flexibility index (Phi) is 8.34. The van der Waals surface area contributed by atoms with E-state index in [0.717, 1.165) is 16.9 Å². The highest BCUT2D eigenvalue weighted by molar-refractivity contribution is 7.99. The van der Waals surface area contributed by atoms with Gasteiger partial charge in [0.2, 0.25) is 0 Å². The van der Waals surface area contributed by atoms with Gasteiger partial charge in [0.05, 0.1) is 6.10 Å². The fourth-order valence-electron chi connectivity index (χ4n) is 3.06. The fourth-order valence-corrected chi connectivity index (χ4v) is 4.01. The van der Waals surface area contributed by atoms with Gasteiger partial charge in [0.15, 0.2) is 5.37 Å². The van der Waals surface area contributed by atoms with Crippen LogP contribution >= 0.6 is 11.8 Å². The molecule has 1 atom stereocenters. The summed E-state index contributed by atoms with van der Waals surface area (Å²) < 4.78 is 5.83. The average molecular weight is 449 g/mol. The third kappa shape index (κ3) is 6.62. The maximum absolute atomic E-state index is 13.2. The van der Waals surface area contributed by atoms with Crippen LogP contribution in [-0.2, 0) is 10.5 Å². The first-order chi connectivity index (χ1) is 15.4. The van der Waals surface area contributed by atoms with Crippen molar-refractivity contribution in [3.8, 4) is 5.75 Å². The van der Waals surface area contributed by atoms with E-state index >= 15 is 0 Å². The molecule has 5 nitrogen and oxygen atoms in total. The summed E-state index contributed by atoms with van der Waals surface area (Å²) >= 11 is 1.37. The molecule has 0 saturated heterocycles. The number of thioether (sulfide) groups is 1. The van der Waals surface area contributed by atoms with Crippen LogP contribution in [0.15, 0.2) is 78.9 Å². The first-order valence-corrected chi connectivity index (χ1v) is 11.6. The van der Waals surface area contributed by atoms with Crippen molar-refractivity contribution in [1.82, 2.24) is 5.32 Å². The topological polar surface area (TPSA) is 67.4 Å². The molecule has 0 heterocycles. The smallest absolute Gasteiger partial charge is 0.257 e. The molecule has 0 aromatic heterocycles. The summed E-state index contributed by atoms with van der Waals surface area (Å²) in [5.74, 6) is 0.725. The van der Waals surface area contributed by atoms with E-state index in [1.807, 2.05) is 75.4 Å². The van der Waals surface area contributed by atoms with E-state index in [-0.39, 0.29) is 17.9 Å². The zero-order valence-corrected chi connectivity index (χ0v) is 19.3. The number of carbonyl (C=O) groups is 2. The van der Waals surface area contributed by atoms with Crippen LogP contribution in [0.3, 0.4) is 0 Å². The highest BCUT2D eigenvalue weighted by atomic mass is 32.2. The lowest BCUT2D eigenvalue weighted by Gasteiger charge is -2.20. The number of benzene rings is 3. The summed E-state index contributed by atoms with van der Waals surface area (Å²) in [6.07, 6.45) is 0.0268. The molecule has 0 aliphatic carbocycles. The Labute approximate surface area is 193 Å². The van der Waals surface area contributed by atoms with Crippen LogP contribution in [0.5, 0.6) is 5.75 Å². The van der Waals surface area contributed by atoms with Crippen molar-refractivity contribution in [2.45, 2.75) is 38.0 Å². The van der Waals surface area contributed by atoms with Gasteiger partial charge in [-0.2, -0.15) is 0 Å². The Morgan fingerprint density at radius 2 is 1.56 bits per heavy atom. The number of anilines is 1. The number of hydrogen-bond acceptors (Lipinski definition) is 4. The van der Waals surface area contributed by atoms with Crippen LogP contribution in [0.25, 0.3) is 0 Å². The van der Waals surface area contributed by atoms with Gasteiger partial charge in [0, 0.05) is 22.6 Å². The Bertz CT molecular complexity index is 1040. The van der Waals surface area contributed by atoms with E-state index in [2.05, 4.69) is 10.6 Å². The normalized spacial score (nSPS) is 11.6. The molecule has 1 unspecified atom stereocenters. The minimum absolute atomic E-state index is 0.0268. The van der Waals surface area contributed by atoms with Gasteiger partial charge in [0.1, 0.15) is 5.75 Å². The number of rotatable bonds is 9. The molecule has 0 fully saturated rings. The van der Waals surface area contributed by atoms with Crippen LogP contribution in [0.4, 0.5) is 5.69 Å². The largest absolute Gasteiger partial charge is 0.491 e. The molecule has 0 bridgehead atoms. The van der Waals surface area contributed by atoms with E-state index in [9.17, 15) is 9.59 Å². The second-order valence-electron chi connectivity index (χ2n) is 7.60. The molecule has 32 heavy (non-hydrogen) atoms. The van der Waals surface area contributed by atoms with Crippen LogP contribution < -0.4 is 15.4 Å². The standard InChI is InChI=1S/C26H28N2O3S/c1-18(2)31-23-16-10-15-22(19(23)3)27-25(30)26(32-17-20-11-6-4-7-12-20)28-24(29)21-13-8-5-9-14-21/h4-16,18,26H,17H2,1-3H3,(H,27,30)(H,28,29). The first-order valence-electron chi connectivity index (χ1n) is 10.5. The zero-order chi connectivity index (χ0) is 22.9. The van der Waals surface area contributed by atoms with Crippen LogP contribution in [0.1, 0.15) is 35.3 Å². The second-order valence-corrected chi connectivity index (χ2v) is 8.69. The summed E-state index contributed by atoms with van der Waals surface area (Å²) in [5, 5.41) is 5.07. The quantitative estimate of drug-likeness (QED) is 0.430. The number of ether oxygens (including phenoxy) is 1. The lowest BCUT2D eigenvalue weighted by atomic mass is 10.1. The van der Waals surface area contributed by atoms with Gasteiger partial charge in [-0.25, -0.2) is 0 Å². The molecule has 3 aromatic carbocycles. The molecule has 0 spiro atoms. The van der Waals surface area contributed by atoms with Crippen molar-refractivity contribution >= 4 is 29.3 Å². The second kappa shape index (κ2) is 11.4. The highest BCUT2D eigenvalue weighted by Crippen LogP contribution is 2.27. The number of amides is 2. The first kappa shape index (κ1) is 23.4. The van der Waals surface area contributed by atoms with Crippen molar-refractivity contribution in [1.29, 1.82) is 0 Å². The van der Waals surface area contributed by atoms with Crippen molar-refractivity contribution in [3.63, 3.8) is 0 Å². The fraction of sp³-hybridized carbons (Fsp3) is 0.231. The van der Waals surface area contributed by atoms with Gasteiger partial charge in [-0.05, 0) is 50.6 Å². The molecule has 2 N–H and O–H groups in total. The van der Waals surface area contributed by atoms with Gasteiger partial charge in [0.25, 0.3) is 11.8 Å². The maximum Gasteiger partial charge on any atom is 0.257 e. The van der Waals surface area contributed by atoms with Gasteiger partial charge in [-0.3, -0.25) is 9.59 Å². The third-order valence-electron chi connectivity index (χ3n) is 4.70. The molecule has 3 aromatic rings. The SMILES string of the molecule is Cc1c(NC(=O)C(NC(=O)c2ccccc2)SCc2ccccc2)cccc1OC(C)C. The average Bonchev–Trinajstić information content (AvgIpc) is 2.80. The number of carbonyl (C=O) groups excluding carboxylic acids is 2. The molecular formula is C26H28N2O3S. The Hall–Kier alpha value is -3.25. The maximum atomic E-state index is 13.2. The number of hydrogen-bond donors (Lipinski definition) is 2. The summed E-state index contributed by atoms with van der Waals surface area (Å²) in [6, 6.07) is 24.3. The molecule has 0 aliphatic heterocycles. The molecule has 0 saturated carbocycles. The zero-order valence-electron chi connectivity index (χ0n) is 18.5. The van der Waals surface area contributed by atoms with Gasteiger partial charge in [-0.15, -0.1) is 11.8 Å². The van der Waals surface area contributed by atoms with E-state index in [4.69, 9.17) is 4.74 Å². The minimum atomic E-state index is -0.767. The predicted octanol–water partition coefficient (Wildman–Crippen LogP) is 5.41. The Balaban J connectivity index is 1.77. The summed E-state index contributed by atoms with van der Waals surface area (Å²) in [7, 11) is 0. The van der Waals surface area contributed by atoms with Crippen molar-refractivity contribution in [2.75, 3.05) is 5.32 Å². The highest BCUT2D eigenvalue weighted by Gasteiger charge is 2.23. The molecule has 166 valence electrons. The van der Waals surface area contributed by atoms with Gasteiger partial charge >= 0.3 is 0 Å². The summed E-state index contributed by atoms with van der Waals surface area (Å²) in [4.78, 5) is 25.9. The lowest BCUT2D eigenvalue weighted by Crippen LogP contribution is -2.41. The van der Waals surface area contributed by atoms with E-state index < -0.39 is 5.37 Å². The Morgan fingerprint density at radius 1 is 0.906 bits per heavy atom. The van der Waals surface area contributed by atoms with E-state index in [1.54, 1.807) is 24.3 Å². The Morgan fingerprint density at radius 3 is 2.22 bits per heavy atom. The van der Waals surface area contributed by atoms with Crippen LogP contribution in [-0.4, -0.2) is 23.3 Å². The van der Waals surface area contributed by atoms with Crippen molar-refractivity contribution in [2.24, 2.45) is 0 Å². The van der Waals surface area contributed by atoms with Gasteiger partial charge < -0.3 is 15.4 Å². The minimum Gasteiger partial charge on any atom is -0.491 e. The van der Waals surface area contributed by atoms with Crippen LogP contribution in [0.2, 0.25) is 0 Å². The summed E-state index contributed by atoms with van der Waals surface area (Å²) in [5.41, 5.74) is 3.09. The van der Waals surface area contributed by atoms with Crippen LogP contribution in [0, 0.1) is 6.92 Å². The summed E-state index contributed by atoms with van der Waals surface area (Å²) in [6.45, 7) is 5.82. The van der Waals surface area contributed by atoms with Crippen molar-refractivity contribution in [3.05, 3.63) is 95.6 Å². The monoisotopic (exact) mass is 448 g/mol. The predicted molar refractivity (Wildman–Crippen MR) is 131 cm³/mol. The molecule has 6 heteroatoms. The molecule has 0 radical (unpaired) electrons. The molecule has 3 rings (SSSR count). The number of nitrogens with one attached hydrogen (secondary N) is 2. The molecular weight excluding hydrogens is 420 g/mol.